The van der Waals surface area contributed by atoms with Crippen molar-refractivity contribution >= 4 is 34.4 Å². The number of rotatable bonds is 7. The number of halogens is 1. The number of esters is 1. The predicted octanol–water partition coefficient (Wildman–Crippen LogP) is 3.68. The second-order valence-electron chi connectivity index (χ2n) is 5.82. The number of carbonyl (C=O) groups is 1. The second-order valence-corrected chi connectivity index (χ2v) is 6.26. The van der Waals surface area contributed by atoms with E-state index in [0.717, 1.165) is 5.56 Å². The average Bonchev–Trinajstić information content (AvgIpc) is 2.94. The van der Waals surface area contributed by atoms with Gasteiger partial charge in [0, 0.05) is 24.1 Å². The van der Waals surface area contributed by atoms with E-state index in [9.17, 15) is 19.7 Å². The summed E-state index contributed by atoms with van der Waals surface area (Å²) < 4.78 is 11.6. The number of oxazole rings is 1. The number of hydrogen-bond acceptors (Lipinski definition) is 6. The van der Waals surface area contributed by atoms with Crippen molar-refractivity contribution in [1.29, 1.82) is 0 Å². The molecule has 0 bridgehead atoms. The van der Waals surface area contributed by atoms with Crippen molar-refractivity contribution in [3.8, 4) is 0 Å². The summed E-state index contributed by atoms with van der Waals surface area (Å²) in [6.07, 6.45) is 0.479. The van der Waals surface area contributed by atoms with E-state index < -0.39 is 16.6 Å². The maximum absolute atomic E-state index is 11.9. The minimum atomic E-state index is -0.627. The number of fused-ring (bicyclic) bond motifs is 1. The minimum Gasteiger partial charge on any atom is -0.461 e. The Hall–Kier alpha value is -3.13. The monoisotopic (exact) mass is 390 g/mol. The second kappa shape index (κ2) is 8.05. The van der Waals surface area contributed by atoms with E-state index >= 15 is 0 Å². The number of hydrogen-bond donors (Lipinski definition) is 0. The smallest absolute Gasteiger partial charge is 0.419 e. The largest absolute Gasteiger partial charge is 0.461 e. The van der Waals surface area contributed by atoms with E-state index in [1.54, 1.807) is 24.3 Å². The molecule has 0 spiro atoms. The quantitative estimate of drug-likeness (QED) is 0.346. The van der Waals surface area contributed by atoms with Crippen LogP contribution in [-0.4, -0.2) is 15.5 Å². The van der Waals surface area contributed by atoms with E-state index in [1.165, 1.54) is 22.8 Å². The van der Waals surface area contributed by atoms with Crippen molar-refractivity contribution in [3.63, 3.8) is 0 Å². The third kappa shape index (κ3) is 4.53. The maximum Gasteiger partial charge on any atom is 0.419 e. The van der Waals surface area contributed by atoms with Crippen LogP contribution in [0.1, 0.15) is 18.4 Å². The topological polar surface area (TPSA) is 105 Å². The zero-order chi connectivity index (χ0) is 19.4. The molecular weight excluding hydrogens is 376 g/mol. The molecule has 0 aliphatic carbocycles. The molecule has 3 aromatic rings. The lowest BCUT2D eigenvalue weighted by atomic mass is 10.2. The average molecular weight is 391 g/mol. The van der Waals surface area contributed by atoms with E-state index in [0.29, 0.717) is 17.0 Å². The van der Waals surface area contributed by atoms with Crippen molar-refractivity contribution in [1.82, 2.24) is 4.57 Å². The number of nitro benzene ring substituents is 1. The van der Waals surface area contributed by atoms with Crippen LogP contribution in [0.25, 0.3) is 11.1 Å². The number of nitrogens with zero attached hydrogens (tertiary/aromatic N) is 2. The van der Waals surface area contributed by atoms with Gasteiger partial charge in [0.1, 0.15) is 6.61 Å². The standard InChI is InChI=1S/C18H15ClN2O6/c19-13-4-1-3-12(9-13)11-26-17(22)5-2-8-20-15-7-6-14(21(24)25)10-16(15)27-18(20)23/h1,3-4,6-7,9-10H,2,5,8,11H2. The summed E-state index contributed by atoms with van der Waals surface area (Å²) in [5, 5.41) is 11.4. The van der Waals surface area contributed by atoms with Gasteiger partial charge in [0.15, 0.2) is 5.58 Å². The summed E-state index contributed by atoms with van der Waals surface area (Å²) in [7, 11) is 0. The van der Waals surface area contributed by atoms with E-state index in [-0.39, 0.29) is 30.8 Å². The molecule has 27 heavy (non-hydrogen) atoms. The molecule has 1 heterocycles. The molecule has 3 rings (SSSR count). The molecule has 0 N–H and O–H groups in total. The number of nitro groups is 1. The molecule has 0 aliphatic heterocycles. The first kappa shape index (κ1) is 18.7. The number of carbonyl (C=O) groups excluding carboxylic acids is 1. The van der Waals surface area contributed by atoms with Gasteiger partial charge in [0.2, 0.25) is 0 Å². The lowest BCUT2D eigenvalue weighted by Crippen LogP contribution is -2.15. The Balaban J connectivity index is 1.57. The Morgan fingerprint density at radius 1 is 1.26 bits per heavy atom. The normalized spacial score (nSPS) is 10.9. The van der Waals surface area contributed by atoms with E-state index in [2.05, 4.69) is 0 Å². The predicted molar refractivity (Wildman–Crippen MR) is 97.6 cm³/mol. The zero-order valence-corrected chi connectivity index (χ0v) is 14.8. The molecule has 0 atom stereocenters. The van der Waals surface area contributed by atoms with Gasteiger partial charge in [-0.2, -0.15) is 0 Å². The zero-order valence-electron chi connectivity index (χ0n) is 14.1. The summed E-state index contributed by atoms with van der Waals surface area (Å²) in [6.45, 7) is 0.355. The van der Waals surface area contributed by atoms with Crippen LogP contribution in [0.2, 0.25) is 5.02 Å². The molecule has 0 amide bonds. The van der Waals surface area contributed by atoms with Gasteiger partial charge in [-0.15, -0.1) is 0 Å². The van der Waals surface area contributed by atoms with Crippen LogP contribution < -0.4 is 5.76 Å². The van der Waals surface area contributed by atoms with Gasteiger partial charge in [-0.05, 0) is 30.2 Å². The summed E-state index contributed by atoms with van der Waals surface area (Å²) in [6, 6.07) is 11.0. The van der Waals surface area contributed by atoms with Crippen molar-refractivity contribution in [3.05, 3.63) is 73.7 Å². The Labute approximate surface area is 158 Å². The fourth-order valence-electron chi connectivity index (χ4n) is 2.62. The fourth-order valence-corrected chi connectivity index (χ4v) is 2.84. The number of aryl methyl sites for hydroxylation is 1. The van der Waals surface area contributed by atoms with Crippen molar-refractivity contribution in [2.75, 3.05) is 0 Å². The number of ether oxygens (including phenoxy) is 1. The first-order valence-corrected chi connectivity index (χ1v) is 8.49. The van der Waals surface area contributed by atoms with Crippen LogP contribution in [0.5, 0.6) is 0 Å². The van der Waals surface area contributed by atoms with Gasteiger partial charge in [-0.1, -0.05) is 23.7 Å². The summed E-state index contributed by atoms with van der Waals surface area (Å²) in [4.78, 5) is 34.0. The minimum absolute atomic E-state index is 0.118. The van der Waals surface area contributed by atoms with Crippen molar-refractivity contribution in [2.45, 2.75) is 26.0 Å². The van der Waals surface area contributed by atoms with E-state index in [4.69, 9.17) is 20.8 Å². The van der Waals surface area contributed by atoms with Gasteiger partial charge in [0.05, 0.1) is 16.5 Å². The Morgan fingerprint density at radius 2 is 2.07 bits per heavy atom. The molecule has 2 aromatic carbocycles. The number of non-ortho nitro benzene ring substituents is 1. The van der Waals surface area contributed by atoms with Crippen LogP contribution in [-0.2, 0) is 22.7 Å². The van der Waals surface area contributed by atoms with Gasteiger partial charge in [0.25, 0.3) is 5.69 Å². The summed E-state index contributed by atoms with van der Waals surface area (Å²) in [5.74, 6) is -1.02. The highest BCUT2D eigenvalue weighted by Gasteiger charge is 2.14. The van der Waals surface area contributed by atoms with Crippen LogP contribution in [0.3, 0.4) is 0 Å². The molecule has 8 nitrogen and oxygen atoms in total. The molecule has 0 fully saturated rings. The molecule has 0 saturated carbocycles. The van der Waals surface area contributed by atoms with E-state index in [1.807, 2.05) is 0 Å². The first-order chi connectivity index (χ1) is 12.9. The molecule has 140 valence electrons. The first-order valence-electron chi connectivity index (χ1n) is 8.12. The lowest BCUT2D eigenvalue weighted by molar-refractivity contribution is -0.384. The molecule has 0 unspecified atom stereocenters. The highest BCUT2D eigenvalue weighted by molar-refractivity contribution is 6.30. The third-order valence-electron chi connectivity index (χ3n) is 3.91. The SMILES string of the molecule is O=C(CCCn1c(=O)oc2cc([N+](=O)[O-])ccc21)OCc1cccc(Cl)c1. The van der Waals surface area contributed by atoms with Crippen molar-refractivity contribution in [2.24, 2.45) is 0 Å². The maximum atomic E-state index is 11.9. The van der Waals surface area contributed by atoms with Crippen LogP contribution >= 0.6 is 11.6 Å². The number of benzene rings is 2. The van der Waals surface area contributed by atoms with Crippen LogP contribution in [0.15, 0.2) is 51.7 Å². The van der Waals surface area contributed by atoms with Crippen LogP contribution in [0.4, 0.5) is 5.69 Å². The third-order valence-corrected chi connectivity index (χ3v) is 4.15. The lowest BCUT2D eigenvalue weighted by Gasteiger charge is -2.06. The molecular formula is C18H15ClN2O6. The highest BCUT2D eigenvalue weighted by Crippen LogP contribution is 2.20. The fraction of sp³-hybridized carbons (Fsp3) is 0.222. The Kier molecular flexibility index (Phi) is 5.56. The van der Waals surface area contributed by atoms with Gasteiger partial charge in [-0.3, -0.25) is 19.5 Å². The Bertz CT molecular complexity index is 1060. The molecule has 0 radical (unpaired) electrons. The van der Waals surface area contributed by atoms with Crippen LogP contribution in [0, 0.1) is 10.1 Å². The van der Waals surface area contributed by atoms with Gasteiger partial charge < -0.3 is 9.15 Å². The summed E-state index contributed by atoms with van der Waals surface area (Å²) >= 11 is 5.87. The molecule has 0 aliphatic rings. The van der Waals surface area contributed by atoms with Gasteiger partial charge in [-0.25, -0.2) is 4.79 Å². The van der Waals surface area contributed by atoms with Crippen molar-refractivity contribution < 1.29 is 18.9 Å². The number of aromatic nitrogens is 1. The highest BCUT2D eigenvalue weighted by atomic mass is 35.5. The summed E-state index contributed by atoms with van der Waals surface area (Å²) in [5.41, 5.74) is 1.21. The molecule has 0 saturated heterocycles. The molecule has 9 heteroatoms. The van der Waals surface area contributed by atoms with Gasteiger partial charge >= 0.3 is 11.7 Å². The Morgan fingerprint density at radius 3 is 2.81 bits per heavy atom. The molecule has 1 aromatic heterocycles.